The van der Waals surface area contributed by atoms with Crippen LogP contribution < -0.4 is 5.32 Å². The first-order valence-corrected chi connectivity index (χ1v) is 12.0. The molecule has 0 aliphatic carbocycles. The first kappa shape index (κ1) is 23.5. The second-order valence-electron chi connectivity index (χ2n) is 9.06. The van der Waals surface area contributed by atoms with E-state index < -0.39 is 0 Å². The highest BCUT2D eigenvalue weighted by molar-refractivity contribution is 5.82. The van der Waals surface area contributed by atoms with Gasteiger partial charge < -0.3 is 15.1 Å². The molecule has 0 aromatic carbocycles. The summed E-state index contributed by atoms with van der Waals surface area (Å²) in [7, 11) is 0. The number of carbonyl (C=O) groups excluding carboxylic acids is 1. The second kappa shape index (κ2) is 11.5. The van der Waals surface area contributed by atoms with Gasteiger partial charge in [-0.05, 0) is 44.2 Å². The van der Waals surface area contributed by atoms with Crippen molar-refractivity contribution in [3.05, 3.63) is 30.1 Å². The number of carbonyl (C=O) groups is 1. The summed E-state index contributed by atoms with van der Waals surface area (Å²) in [6, 6.07) is 4.12. The minimum absolute atomic E-state index is 0.0318. The van der Waals surface area contributed by atoms with Crippen LogP contribution in [0.2, 0.25) is 0 Å². The van der Waals surface area contributed by atoms with Crippen molar-refractivity contribution in [2.24, 2.45) is 10.9 Å². The number of likely N-dealkylation sites (tertiary alicyclic amines) is 1. The molecule has 2 unspecified atom stereocenters. The summed E-state index contributed by atoms with van der Waals surface area (Å²) in [6.07, 6.45) is 6.07. The summed E-state index contributed by atoms with van der Waals surface area (Å²) in [5, 5.41) is 3.48. The summed E-state index contributed by atoms with van der Waals surface area (Å²) < 4.78 is 0. The minimum Gasteiger partial charge on any atom is -0.357 e. The molecular formula is C24H40N6O. The molecule has 172 valence electrons. The van der Waals surface area contributed by atoms with Crippen LogP contribution in [0.5, 0.6) is 0 Å². The van der Waals surface area contributed by atoms with E-state index >= 15 is 0 Å². The lowest BCUT2D eigenvalue weighted by Gasteiger charge is -2.39. The maximum Gasteiger partial charge on any atom is 0.239 e. The van der Waals surface area contributed by atoms with Crippen LogP contribution >= 0.6 is 0 Å². The first-order valence-electron chi connectivity index (χ1n) is 12.0. The van der Waals surface area contributed by atoms with Crippen LogP contribution in [0.25, 0.3) is 0 Å². The molecular weight excluding hydrogens is 388 g/mol. The molecule has 1 N–H and O–H groups in total. The Morgan fingerprint density at radius 2 is 1.81 bits per heavy atom. The molecule has 7 nitrogen and oxygen atoms in total. The lowest BCUT2D eigenvalue weighted by atomic mass is 9.89. The van der Waals surface area contributed by atoms with Crippen LogP contribution in [0.3, 0.4) is 0 Å². The van der Waals surface area contributed by atoms with Gasteiger partial charge in [0.2, 0.25) is 5.91 Å². The van der Waals surface area contributed by atoms with E-state index in [0.717, 1.165) is 71.2 Å². The van der Waals surface area contributed by atoms with Crippen molar-refractivity contribution >= 4 is 11.9 Å². The Morgan fingerprint density at radius 3 is 2.39 bits per heavy atom. The fourth-order valence-electron chi connectivity index (χ4n) is 4.59. The van der Waals surface area contributed by atoms with Crippen molar-refractivity contribution in [3.8, 4) is 0 Å². The van der Waals surface area contributed by atoms with E-state index in [1.54, 1.807) is 0 Å². The fourth-order valence-corrected chi connectivity index (χ4v) is 4.59. The lowest BCUT2D eigenvalue weighted by Crippen LogP contribution is -2.57. The Balaban J connectivity index is 1.59. The molecule has 2 fully saturated rings. The Kier molecular flexibility index (Phi) is 8.69. The van der Waals surface area contributed by atoms with Crippen molar-refractivity contribution in [1.82, 2.24) is 25.0 Å². The van der Waals surface area contributed by atoms with Gasteiger partial charge in [-0.15, -0.1) is 0 Å². The molecule has 1 aromatic heterocycles. The number of rotatable bonds is 7. The predicted molar refractivity (Wildman–Crippen MR) is 126 cm³/mol. The molecule has 2 aliphatic rings. The Hall–Kier alpha value is -2.15. The van der Waals surface area contributed by atoms with Crippen LogP contribution in [0, 0.1) is 5.92 Å². The topological polar surface area (TPSA) is 64.1 Å². The van der Waals surface area contributed by atoms with Gasteiger partial charge >= 0.3 is 0 Å². The van der Waals surface area contributed by atoms with Crippen LogP contribution in [0.15, 0.2) is 29.5 Å². The number of aromatic nitrogens is 1. The number of amides is 1. The molecule has 0 radical (unpaired) electrons. The summed E-state index contributed by atoms with van der Waals surface area (Å²) >= 11 is 0. The van der Waals surface area contributed by atoms with E-state index in [-0.39, 0.29) is 6.04 Å². The third-order valence-corrected chi connectivity index (χ3v) is 6.63. The summed E-state index contributed by atoms with van der Waals surface area (Å²) in [4.78, 5) is 28.8. The van der Waals surface area contributed by atoms with Gasteiger partial charge in [0.25, 0.3) is 0 Å². The van der Waals surface area contributed by atoms with Gasteiger partial charge in [-0.3, -0.25) is 19.7 Å². The third kappa shape index (κ3) is 6.19. The monoisotopic (exact) mass is 428 g/mol. The Morgan fingerprint density at radius 1 is 1.10 bits per heavy atom. The first-order chi connectivity index (χ1) is 15.0. The average molecular weight is 429 g/mol. The molecule has 3 heterocycles. The zero-order valence-corrected chi connectivity index (χ0v) is 19.8. The summed E-state index contributed by atoms with van der Waals surface area (Å²) in [5.74, 6) is 2.12. The molecule has 0 bridgehead atoms. The number of nitrogens with zero attached hydrogens (tertiary/aromatic N) is 5. The highest BCUT2D eigenvalue weighted by atomic mass is 16.2. The molecule has 0 spiro atoms. The van der Waals surface area contributed by atoms with Gasteiger partial charge in [-0.25, -0.2) is 0 Å². The van der Waals surface area contributed by atoms with Crippen LogP contribution in [-0.4, -0.2) is 90.0 Å². The fraction of sp³-hybridized carbons (Fsp3) is 0.708. The Bertz CT molecular complexity index is 708. The largest absolute Gasteiger partial charge is 0.357 e. The number of nitrogens with one attached hydrogen (secondary N) is 1. The SMILES string of the molecule is CCNC(=NCC(c1cccnc1)C(C)C)N1CCN(C(C)C(=O)N2CCCC2)CC1. The van der Waals surface area contributed by atoms with E-state index in [4.69, 9.17) is 4.99 Å². The number of hydrogen-bond donors (Lipinski definition) is 1. The summed E-state index contributed by atoms with van der Waals surface area (Å²) in [5.41, 5.74) is 1.25. The quantitative estimate of drug-likeness (QED) is 0.534. The van der Waals surface area contributed by atoms with Gasteiger partial charge in [-0.1, -0.05) is 19.9 Å². The number of hydrogen-bond acceptors (Lipinski definition) is 4. The normalized spacial score (nSPS) is 20.2. The van der Waals surface area contributed by atoms with Crippen molar-refractivity contribution in [2.45, 2.75) is 52.5 Å². The number of piperazine rings is 1. The molecule has 7 heteroatoms. The third-order valence-electron chi connectivity index (χ3n) is 6.63. The average Bonchev–Trinajstić information content (AvgIpc) is 3.33. The molecule has 1 amide bonds. The van der Waals surface area contributed by atoms with E-state index in [2.05, 4.69) is 53.9 Å². The van der Waals surface area contributed by atoms with Gasteiger partial charge in [0.05, 0.1) is 6.04 Å². The molecule has 31 heavy (non-hydrogen) atoms. The molecule has 2 atom stereocenters. The van der Waals surface area contributed by atoms with Gasteiger partial charge in [0.15, 0.2) is 5.96 Å². The van der Waals surface area contributed by atoms with Gasteiger partial charge in [0, 0.05) is 70.7 Å². The van der Waals surface area contributed by atoms with Crippen molar-refractivity contribution in [1.29, 1.82) is 0 Å². The molecule has 3 rings (SSSR count). The van der Waals surface area contributed by atoms with Crippen LogP contribution in [0.1, 0.15) is 52.0 Å². The molecule has 2 saturated heterocycles. The van der Waals surface area contributed by atoms with Crippen molar-refractivity contribution < 1.29 is 4.79 Å². The van der Waals surface area contributed by atoms with Crippen molar-refractivity contribution in [3.63, 3.8) is 0 Å². The zero-order valence-electron chi connectivity index (χ0n) is 19.8. The van der Waals surface area contributed by atoms with Gasteiger partial charge in [0.1, 0.15) is 0 Å². The zero-order chi connectivity index (χ0) is 22.2. The molecule has 0 saturated carbocycles. The van der Waals surface area contributed by atoms with Crippen LogP contribution in [-0.2, 0) is 4.79 Å². The molecule has 1 aromatic rings. The standard InChI is InChI=1S/C24H40N6O/c1-5-26-24(27-18-22(19(2)3)21-9-8-10-25-17-21)30-15-13-28(14-16-30)20(4)23(31)29-11-6-7-12-29/h8-10,17,19-20,22H,5-7,11-16,18H2,1-4H3,(H,26,27). The van der Waals surface area contributed by atoms with E-state index in [1.807, 2.05) is 23.4 Å². The van der Waals surface area contributed by atoms with Crippen molar-refractivity contribution in [2.75, 3.05) is 52.4 Å². The predicted octanol–water partition coefficient (Wildman–Crippen LogP) is 2.42. The van der Waals surface area contributed by atoms with E-state index in [1.165, 1.54) is 5.56 Å². The maximum absolute atomic E-state index is 12.8. The number of guanidine groups is 1. The number of pyridine rings is 1. The maximum atomic E-state index is 12.8. The minimum atomic E-state index is -0.0318. The summed E-state index contributed by atoms with van der Waals surface area (Å²) in [6.45, 7) is 15.7. The highest BCUT2D eigenvalue weighted by Crippen LogP contribution is 2.24. The van der Waals surface area contributed by atoms with E-state index in [0.29, 0.717) is 17.7 Å². The highest BCUT2D eigenvalue weighted by Gasteiger charge is 2.30. The lowest BCUT2D eigenvalue weighted by molar-refractivity contribution is -0.135. The smallest absolute Gasteiger partial charge is 0.239 e. The molecule has 2 aliphatic heterocycles. The van der Waals surface area contributed by atoms with E-state index in [9.17, 15) is 4.79 Å². The Labute approximate surface area is 187 Å². The number of aliphatic imine (C=N–C) groups is 1. The second-order valence-corrected chi connectivity index (χ2v) is 9.06. The van der Waals surface area contributed by atoms with Crippen LogP contribution in [0.4, 0.5) is 0 Å². The van der Waals surface area contributed by atoms with Gasteiger partial charge in [-0.2, -0.15) is 0 Å².